The molecule has 0 rings (SSSR count). The highest BCUT2D eigenvalue weighted by molar-refractivity contribution is 6.20. The molecule has 0 N–H and O–H groups in total. The number of halogens is 2. The molecule has 0 bridgehead atoms. The van der Waals surface area contributed by atoms with Crippen molar-refractivity contribution in [3.8, 4) is 0 Å². The maximum absolute atomic E-state index is 12.0. The minimum atomic E-state index is -0.305. The van der Waals surface area contributed by atoms with E-state index in [2.05, 4.69) is 13.8 Å². The van der Waals surface area contributed by atoms with E-state index >= 15 is 0 Å². The van der Waals surface area contributed by atoms with E-state index in [-0.39, 0.29) is 18.0 Å². The molecule has 0 aliphatic carbocycles. The average Bonchev–Trinajstić information content (AvgIpc) is 1.85. The van der Waals surface area contributed by atoms with Gasteiger partial charge < -0.3 is 0 Å². The van der Waals surface area contributed by atoms with Crippen molar-refractivity contribution in [2.75, 3.05) is 6.67 Å². The SMILES string of the molecule is CC(C)CC(Cl)C(C)CF. The summed E-state index contributed by atoms with van der Waals surface area (Å²) in [6.07, 6.45) is 0.909. The van der Waals surface area contributed by atoms with E-state index < -0.39 is 0 Å². The van der Waals surface area contributed by atoms with E-state index in [0.717, 1.165) is 6.42 Å². The molecular weight excluding hydrogens is 151 g/mol. The monoisotopic (exact) mass is 166 g/mol. The summed E-state index contributed by atoms with van der Waals surface area (Å²) in [6.45, 7) is 5.74. The van der Waals surface area contributed by atoms with E-state index in [1.807, 2.05) is 6.92 Å². The maximum Gasteiger partial charge on any atom is 0.0934 e. The first kappa shape index (κ1) is 10.2. The fraction of sp³-hybridized carbons (Fsp3) is 1.00. The Morgan fingerprint density at radius 2 is 1.80 bits per heavy atom. The van der Waals surface area contributed by atoms with Gasteiger partial charge in [0, 0.05) is 11.3 Å². The van der Waals surface area contributed by atoms with Crippen molar-refractivity contribution in [1.82, 2.24) is 0 Å². The highest BCUT2D eigenvalue weighted by Crippen LogP contribution is 2.18. The Morgan fingerprint density at radius 3 is 2.10 bits per heavy atom. The number of hydrogen-bond donors (Lipinski definition) is 0. The molecule has 0 aromatic rings. The third-order valence-corrected chi connectivity index (χ3v) is 2.17. The van der Waals surface area contributed by atoms with Gasteiger partial charge >= 0.3 is 0 Å². The van der Waals surface area contributed by atoms with Gasteiger partial charge in [-0.3, -0.25) is 4.39 Å². The van der Waals surface area contributed by atoms with Gasteiger partial charge in [-0.05, 0) is 12.3 Å². The summed E-state index contributed by atoms with van der Waals surface area (Å²) in [5.74, 6) is 0.570. The summed E-state index contributed by atoms with van der Waals surface area (Å²) in [7, 11) is 0. The minimum absolute atomic E-state index is 0.00377. The quantitative estimate of drug-likeness (QED) is 0.563. The Kier molecular flexibility index (Phi) is 5.06. The summed E-state index contributed by atoms with van der Waals surface area (Å²) in [5, 5.41) is 0.00463. The fourth-order valence-electron chi connectivity index (χ4n) is 0.779. The summed E-state index contributed by atoms with van der Waals surface area (Å²) >= 11 is 5.89. The Balaban J connectivity index is 3.50. The second kappa shape index (κ2) is 4.95. The van der Waals surface area contributed by atoms with Crippen LogP contribution in [0.2, 0.25) is 0 Å². The van der Waals surface area contributed by atoms with Gasteiger partial charge in [-0.2, -0.15) is 0 Å². The zero-order chi connectivity index (χ0) is 8.15. The lowest BCUT2D eigenvalue weighted by Crippen LogP contribution is -2.15. The Bertz CT molecular complexity index is 83.3. The van der Waals surface area contributed by atoms with E-state index in [1.165, 1.54) is 0 Å². The van der Waals surface area contributed by atoms with Crippen LogP contribution in [-0.4, -0.2) is 12.1 Å². The average molecular weight is 167 g/mol. The molecule has 0 saturated heterocycles. The first-order valence-electron chi connectivity index (χ1n) is 3.78. The smallest absolute Gasteiger partial charge is 0.0934 e. The van der Waals surface area contributed by atoms with Gasteiger partial charge in [-0.1, -0.05) is 20.8 Å². The van der Waals surface area contributed by atoms with Gasteiger partial charge in [-0.15, -0.1) is 11.6 Å². The van der Waals surface area contributed by atoms with Gasteiger partial charge in [0.1, 0.15) is 0 Å². The topological polar surface area (TPSA) is 0 Å². The van der Waals surface area contributed by atoms with Crippen LogP contribution < -0.4 is 0 Å². The third kappa shape index (κ3) is 4.10. The molecular formula is C8H16ClF. The van der Waals surface area contributed by atoms with Crippen molar-refractivity contribution < 1.29 is 4.39 Å². The van der Waals surface area contributed by atoms with Crippen molar-refractivity contribution in [3.05, 3.63) is 0 Å². The fourth-order valence-corrected chi connectivity index (χ4v) is 1.20. The second-order valence-electron chi connectivity index (χ2n) is 3.28. The van der Waals surface area contributed by atoms with Crippen molar-refractivity contribution >= 4 is 11.6 Å². The van der Waals surface area contributed by atoms with Crippen LogP contribution in [0.25, 0.3) is 0 Å². The van der Waals surface area contributed by atoms with Crippen LogP contribution in [-0.2, 0) is 0 Å². The molecule has 0 aromatic heterocycles. The maximum atomic E-state index is 12.0. The van der Waals surface area contributed by atoms with E-state index in [4.69, 9.17) is 11.6 Å². The normalized spacial score (nSPS) is 17.4. The minimum Gasteiger partial charge on any atom is -0.251 e. The summed E-state index contributed by atoms with van der Waals surface area (Å²) in [5.41, 5.74) is 0. The molecule has 0 spiro atoms. The zero-order valence-electron chi connectivity index (χ0n) is 6.90. The van der Waals surface area contributed by atoms with Gasteiger partial charge in [0.15, 0.2) is 0 Å². The van der Waals surface area contributed by atoms with Gasteiger partial charge in [0.25, 0.3) is 0 Å². The molecule has 2 atom stereocenters. The van der Waals surface area contributed by atoms with Crippen molar-refractivity contribution in [3.63, 3.8) is 0 Å². The molecule has 0 fully saturated rings. The van der Waals surface area contributed by atoms with Crippen LogP contribution in [0.15, 0.2) is 0 Å². The predicted octanol–water partition coefficient (Wildman–Crippen LogP) is 3.25. The van der Waals surface area contributed by atoms with E-state index in [9.17, 15) is 4.39 Å². The van der Waals surface area contributed by atoms with Crippen molar-refractivity contribution in [2.45, 2.75) is 32.6 Å². The van der Waals surface area contributed by atoms with E-state index in [1.54, 1.807) is 0 Å². The summed E-state index contributed by atoms with van der Waals surface area (Å²) in [4.78, 5) is 0. The molecule has 62 valence electrons. The molecule has 0 nitrogen and oxygen atoms in total. The van der Waals surface area contributed by atoms with Crippen LogP contribution in [0.5, 0.6) is 0 Å². The predicted molar refractivity (Wildman–Crippen MR) is 44.2 cm³/mol. The molecule has 0 aromatic carbocycles. The van der Waals surface area contributed by atoms with Crippen LogP contribution in [0.3, 0.4) is 0 Å². The highest BCUT2D eigenvalue weighted by atomic mass is 35.5. The van der Waals surface area contributed by atoms with Crippen LogP contribution in [0.1, 0.15) is 27.2 Å². The third-order valence-electron chi connectivity index (χ3n) is 1.56. The molecule has 0 heterocycles. The first-order valence-corrected chi connectivity index (χ1v) is 4.21. The zero-order valence-corrected chi connectivity index (χ0v) is 7.66. The Hall–Kier alpha value is 0.220. The Labute approximate surface area is 67.8 Å². The molecule has 0 aliphatic rings. The van der Waals surface area contributed by atoms with Crippen LogP contribution in [0, 0.1) is 11.8 Å². The standard InChI is InChI=1S/C8H16ClF/c1-6(2)4-8(9)7(3)5-10/h6-8H,4-5H2,1-3H3. The molecule has 2 unspecified atom stereocenters. The molecule has 10 heavy (non-hydrogen) atoms. The first-order chi connectivity index (χ1) is 4.57. The summed E-state index contributed by atoms with van der Waals surface area (Å²) < 4.78 is 12.0. The lowest BCUT2D eigenvalue weighted by molar-refractivity contribution is 0.349. The molecule has 0 saturated carbocycles. The lowest BCUT2D eigenvalue weighted by atomic mass is 10.00. The lowest BCUT2D eigenvalue weighted by Gasteiger charge is -2.16. The molecule has 0 radical (unpaired) electrons. The molecule has 0 aliphatic heterocycles. The second-order valence-corrected chi connectivity index (χ2v) is 3.84. The summed E-state index contributed by atoms with van der Waals surface area (Å²) in [6, 6.07) is 0. The van der Waals surface area contributed by atoms with Gasteiger partial charge in [0.2, 0.25) is 0 Å². The molecule has 2 heteroatoms. The number of rotatable bonds is 4. The Morgan fingerprint density at radius 1 is 1.30 bits per heavy atom. The van der Waals surface area contributed by atoms with E-state index in [0.29, 0.717) is 5.92 Å². The van der Waals surface area contributed by atoms with Crippen LogP contribution >= 0.6 is 11.6 Å². The number of alkyl halides is 2. The largest absolute Gasteiger partial charge is 0.251 e. The van der Waals surface area contributed by atoms with Gasteiger partial charge in [0.05, 0.1) is 6.67 Å². The van der Waals surface area contributed by atoms with Crippen molar-refractivity contribution in [2.24, 2.45) is 11.8 Å². The highest BCUT2D eigenvalue weighted by Gasteiger charge is 2.14. The van der Waals surface area contributed by atoms with Crippen molar-refractivity contribution in [1.29, 1.82) is 0 Å². The molecule has 0 amide bonds. The number of hydrogen-bond acceptors (Lipinski definition) is 0. The van der Waals surface area contributed by atoms with Gasteiger partial charge in [-0.25, -0.2) is 0 Å². The van der Waals surface area contributed by atoms with Crippen LogP contribution in [0.4, 0.5) is 4.39 Å².